The summed E-state index contributed by atoms with van der Waals surface area (Å²) in [7, 11) is 3.05. The normalized spacial score (nSPS) is 11.3. The first kappa shape index (κ1) is 11.8. The zero-order valence-corrected chi connectivity index (χ0v) is 11.1. The van der Waals surface area contributed by atoms with Crippen molar-refractivity contribution < 1.29 is 0 Å². The van der Waals surface area contributed by atoms with E-state index < -0.39 is 0 Å². The summed E-state index contributed by atoms with van der Waals surface area (Å²) < 4.78 is 7.91. The van der Waals surface area contributed by atoms with Crippen LogP contribution in [-0.4, -0.2) is 28.3 Å². The first-order valence-corrected chi connectivity index (χ1v) is 6.24. The molecular weight excluding hydrogens is 268 g/mol. The highest BCUT2D eigenvalue weighted by Crippen LogP contribution is 2.10. The van der Waals surface area contributed by atoms with Crippen LogP contribution >= 0.6 is 11.5 Å². The van der Waals surface area contributed by atoms with Crippen LogP contribution in [0.1, 0.15) is 4.88 Å². The van der Waals surface area contributed by atoms with Gasteiger partial charge in [-0.05, 0) is 11.5 Å². The van der Waals surface area contributed by atoms with E-state index in [0.29, 0.717) is 17.7 Å². The lowest BCUT2D eigenvalue weighted by Crippen LogP contribution is -2.37. The molecule has 9 heteroatoms. The largest absolute Gasteiger partial charge is 0.332 e. The van der Waals surface area contributed by atoms with Crippen molar-refractivity contribution in [1.82, 2.24) is 28.3 Å². The lowest BCUT2D eigenvalue weighted by Gasteiger charge is -2.05. The Hall–Kier alpha value is -2.29. The van der Waals surface area contributed by atoms with Crippen molar-refractivity contribution in [3.63, 3.8) is 0 Å². The summed E-state index contributed by atoms with van der Waals surface area (Å²) in [6.07, 6.45) is 3.19. The average Bonchev–Trinajstić information content (AvgIpc) is 3.04. The number of rotatable bonds is 2. The summed E-state index contributed by atoms with van der Waals surface area (Å²) in [4.78, 5) is 29.0. The topological polar surface area (TPSA) is 87.6 Å². The molecule has 0 amide bonds. The molecule has 19 heavy (non-hydrogen) atoms. The third kappa shape index (κ3) is 1.70. The van der Waals surface area contributed by atoms with E-state index in [1.54, 1.807) is 24.1 Å². The molecule has 0 saturated heterocycles. The van der Waals surface area contributed by atoms with Gasteiger partial charge in [0.05, 0.1) is 23.9 Å². The van der Waals surface area contributed by atoms with E-state index in [9.17, 15) is 9.59 Å². The maximum atomic E-state index is 12.2. The molecule has 0 spiro atoms. The summed E-state index contributed by atoms with van der Waals surface area (Å²) in [6.45, 7) is 0.460. The fourth-order valence-electron chi connectivity index (χ4n) is 1.94. The second-order valence-corrected chi connectivity index (χ2v) is 5.00. The van der Waals surface area contributed by atoms with E-state index in [4.69, 9.17) is 0 Å². The molecule has 0 fully saturated rings. The number of aromatic nitrogens is 6. The standard InChI is InChI=1S/C10H10N6O2S/c1-14-8-7(9(17)15(2)10(14)18)16(5-11-8)4-6-3-12-13-19-6/h3,5H,4H2,1-2H3. The third-order valence-electron chi connectivity index (χ3n) is 2.95. The quantitative estimate of drug-likeness (QED) is 0.620. The lowest BCUT2D eigenvalue weighted by atomic mass is 10.4. The van der Waals surface area contributed by atoms with Crippen molar-refractivity contribution in [1.29, 1.82) is 0 Å². The molecule has 3 heterocycles. The van der Waals surface area contributed by atoms with Gasteiger partial charge in [-0.25, -0.2) is 9.78 Å². The Morgan fingerprint density at radius 1 is 1.26 bits per heavy atom. The van der Waals surface area contributed by atoms with Gasteiger partial charge < -0.3 is 4.57 Å². The molecule has 0 aliphatic rings. The fourth-order valence-corrected chi connectivity index (χ4v) is 2.43. The Morgan fingerprint density at radius 2 is 2.05 bits per heavy atom. The average molecular weight is 278 g/mol. The Labute approximate surface area is 110 Å². The molecule has 0 atom stereocenters. The van der Waals surface area contributed by atoms with E-state index in [1.807, 2.05) is 0 Å². The molecule has 3 aromatic rings. The van der Waals surface area contributed by atoms with Gasteiger partial charge in [0.25, 0.3) is 5.56 Å². The Bertz CT molecular complexity index is 857. The fraction of sp³-hybridized carbons (Fsp3) is 0.300. The van der Waals surface area contributed by atoms with Crippen LogP contribution < -0.4 is 11.2 Å². The van der Waals surface area contributed by atoms with Crippen LogP contribution in [0, 0.1) is 0 Å². The van der Waals surface area contributed by atoms with Crippen molar-refractivity contribution in [2.45, 2.75) is 6.54 Å². The Balaban J connectivity index is 2.29. The zero-order valence-electron chi connectivity index (χ0n) is 10.3. The minimum absolute atomic E-state index is 0.354. The first-order chi connectivity index (χ1) is 9.09. The van der Waals surface area contributed by atoms with E-state index in [-0.39, 0.29) is 11.2 Å². The van der Waals surface area contributed by atoms with Gasteiger partial charge in [-0.1, -0.05) is 4.49 Å². The number of hydrogen-bond acceptors (Lipinski definition) is 6. The van der Waals surface area contributed by atoms with Crippen LogP contribution in [0.2, 0.25) is 0 Å². The number of nitrogens with zero attached hydrogens (tertiary/aromatic N) is 6. The van der Waals surface area contributed by atoms with Gasteiger partial charge in [0, 0.05) is 14.1 Å². The van der Waals surface area contributed by atoms with Crippen molar-refractivity contribution >= 4 is 22.7 Å². The molecule has 0 radical (unpaired) electrons. The molecular formula is C10H10N6O2S. The minimum atomic E-state index is -0.387. The number of fused-ring (bicyclic) bond motifs is 1. The molecule has 98 valence electrons. The van der Waals surface area contributed by atoms with Gasteiger partial charge in [-0.2, -0.15) is 0 Å². The molecule has 0 bridgehead atoms. The van der Waals surface area contributed by atoms with Crippen LogP contribution in [0.4, 0.5) is 0 Å². The monoisotopic (exact) mass is 278 g/mol. The molecule has 0 aliphatic heterocycles. The van der Waals surface area contributed by atoms with E-state index in [1.165, 1.54) is 23.1 Å². The van der Waals surface area contributed by atoms with Gasteiger partial charge in [-0.15, -0.1) is 5.10 Å². The SMILES string of the molecule is Cn1c(=O)c2c(ncn2Cc2cnns2)n(C)c1=O. The number of hydrogen-bond donors (Lipinski definition) is 0. The van der Waals surface area contributed by atoms with Gasteiger partial charge in [0.15, 0.2) is 11.2 Å². The summed E-state index contributed by atoms with van der Waals surface area (Å²) in [5, 5.41) is 3.75. The highest BCUT2D eigenvalue weighted by Gasteiger charge is 2.14. The molecule has 3 aromatic heterocycles. The number of aryl methyl sites for hydroxylation is 1. The molecule has 0 aliphatic carbocycles. The van der Waals surface area contributed by atoms with Crippen LogP contribution in [0.5, 0.6) is 0 Å². The van der Waals surface area contributed by atoms with Crippen molar-refractivity contribution in [2.75, 3.05) is 0 Å². The molecule has 0 saturated carbocycles. The first-order valence-electron chi connectivity index (χ1n) is 5.46. The van der Waals surface area contributed by atoms with Crippen LogP contribution in [0.3, 0.4) is 0 Å². The molecule has 0 aromatic carbocycles. The summed E-state index contributed by atoms with van der Waals surface area (Å²) in [6, 6.07) is 0. The molecule has 0 N–H and O–H groups in total. The van der Waals surface area contributed by atoms with E-state index >= 15 is 0 Å². The van der Waals surface area contributed by atoms with Gasteiger partial charge in [0.1, 0.15) is 0 Å². The molecule has 8 nitrogen and oxygen atoms in total. The van der Waals surface area contributed by atoms with Crippen molar-refractivity contribution in [3.05, 3.63) is 38.2 Å². The molecule has 3 rings (SSSR count). The number of imidazole rings is 1. The predicted molar refractivity (Wildman–Crippen MR) is 69.2 cm³/mol. The lowest BCUT2D eigenvalue weighted by molar-refractivity contribution is 0.703. The Kier molecular flexibility index (Phi) is 2.56. The predicted octanol–water partition coefficient (Wildman–Crippen LogP) is -0.667. The minimum Gasteiger partial charge on any atom is -0.319 e. The van der Waals surface area contributed by atoms with E-state index in [2.05, 4.69) is 14.6 Å². The van der Waals surface area contributed by atoms with E-state index in [0.717, 1.165) is 9.44 Å². The Morgan fingerprint density at radius 3 is 2.74 bits per heavy atom. The summed E-state index contributed by atoms with van der Waals surface area (Å²) >= 11 is 1.26. The van der Waals surface area contributed by atoms with Crippen LogP contribution in [-0.2, 0) is 20.6 Å². The van der Waals surface area contributed by atoms with Crippen molar-refractivity contribution in [2.24, 2.45) is 14.1 Å². The summed E-state index contributed by atoms with van der Waals surface area (Å²) in [5.41, 5.74) is 0.0406. The maximum Gasteiger partial charge on any atom is 0.332 e. The second kappa shape index (κ2) is 4.12. The van der Waals surface area contributed by atoms with Gasteiger partial charge in [-0.3, -0.25) is 13.9 Å². The highest BCUT2D eigenvalue weighted by atomic mass is 32.1. The summed E-state index contributed by atoms with van der Waals surface area (Å²) in [5.74, 6) is 0. The smallest absolute Gasteiger partial charge is 0.319 e. The van der Waals surface area contributed by atoms with Gasteiger partial charge >= 0.3 is 5.69 Å². The maximum absolute atomic E-state index is 12.2. The van der Waals surface area contributed by atoms with Gasteiger partial charge in [0.2, 0.25) is 0 Å². The second-order valence-electron chi connectivity index (χ2n) is 4.13. The zero-order chi connectivity index (χ0) is 13.6. The van der Waals surface area contributed by atoms with Crippen LogP contribution in [0.25, 0.3) is 11.2 Å². The van der Waals surface area contributed by atoms with Crippen LogP contribution in [0.15, 0.2) is 22.1 Å². The third-order valence-corrected chi connectivity index (χ3v) is 3.60. The van der Waals surface area contributed by atoms with Crippen molar-refractivity contribution in [3.8, 4) is 0 Å². The molecule has 0 unspecified atom stereocenters. The highest BCUT2D eigenvalue weighted by molar-refractivity contribution is 7.05.